The van der Waals surface area contributed by atoms with Crippen LogP contribution in [0, 0.1) is 0 Å². The number of nitrogens with two attached hydrogens (primary N) is 2. The summed E-state index contributed by atoms with van der Waals surface area (Å²) in [6.07, 6.45) is 4.05. The molecule has 9 heteroatoms. The highest BCUT2D eigenvalue weighted by Gasteiger charge is 2.12. The molecule has 2 aromatic rings. The Morgan fingerprint density at radius 3 is 2.56 bits per heavy atom. The highest BCUT2D eigenvalue weighted by molar-refractivity contribution is 5.90. The van der Waals surface area contributed by atoms with Crippen molar-refractivity contribution in [2.45, 2.75) is 13.0 Å². The summed E-state index contributed by atoms with van der Waals surface area (Å²) in [5.41, 5.74) is 10.9. The summed E-state index contributed by atoms with van der Waals surface area (Å²) in [5, 5.41) is 3.99. The Morgan fingerprint density at radius 2 is 2.06 bits per heavy atom. The van der Waals surface area contributed by atoms with Crippen molar-refractivity contribution in [2.75, 3.05) is 0 Å². The summed E-state index contributed by atoms with van der Waals surface area (Å²) >= 11 is 0. The summed E-state index contributed by atoms with van der Waals surface area (Å²) in [7, 11) is 0. The Balaban J connectivity index is 0.00000162. The molecule has 0 spiro atoms. The molecule has 1 amide bonds. The Bertz CT molecular complexity index is 536. The second-order valence-corrected chi connectivity index (χ2v) is 3.44. The van der Waals surface area contributed by atoms with Crippen LogP contribution in [0.5, 0.6) is 0 Å². The lowest BCUT2D eigenvalue weighted by Gasteiger charge is -2.06. The van der Waals surface area contributed by atoms with Crippen LogP contribution in [0.25, 0.3) is 5.82 Å². The van der Waals surface area contributed by atoms with Crippen LogP contribution >= 0.6 is 12.4 Å². The van der Waals surface area contributed by atoms with Gasteiger partial charge in [-0.1, -0.05) is 0 Å². The van der Waals surface area contributed by atoms with Crippen LogP contribution in [0.2, 0.25) is 0 Å². The minimum Gasteiger partial charge on any atom is -0.364 e. The van der Waals surface area contributed by atoms with Crippen LogP contribution in [-0.2, 0) is 0 Å². The first-order chi connectivity index (χ1) is 8.09. The zero-order chi connectivity index (χ0) is 12.4. The number of carbonyl (C=O) groups excluding carboxylic acids is 1. The number of primary amides is 1. The van der Waals surface area contributed by atoms with Gasteiger partial charge in [0.1, 0.15) is 12.0 Å². The van der Waals surface area contributed by atoms with Gasteiger partial charge in [-0.05, 0) is 6.92 Å². The lowest BCUT2D eigenvalue weighted by Crippen LogP contribution is -2.16. The topological polar surface area (TPSA) is 126 Å². The van der Waals surface area contributed by atoms with Crippen molar-refractivity contribution in [2.24, 2.45) is 11.5 Å². The van der Waals surface area contributed by atoms with E-state index in [1.165, 1.54) is 23.4 Å². The first-order valence-corrected chi connectivity index (χ1v) is 4.87. The van der Waals surface area contributed by atoms with Crippen LogP contribution in [0.3, 0.4) is 0 Å². The van der Waals surface area contributed by atoms with E-state index in [-0.39, 0.29) is 24.1 Å². The number of amides is 1. The number of hydrogen-bond donors (Lipinski definition) is 2. The maximum Gasteiger partial charge on any atom is 0.268 e. The molecule has 0 fully saturated rings. The predicted molar refractivity (Wildman–Crippen MR) is 65.3 cm³/mol. The summed E-state index contributed by atoms with van der Waals surface area (Å²) in [6, 6.07) is -0.282. The van der Waals surface area contributed by atoms with Crippen LogP contribution in [0.1, 0.15) is 29.3 Å². The van der Waals surface area contributed by atoms with E-state index in [0.717, 1.165) is 0 Å². The monoisotopic (exact) mass is 269 g/mol. The third-order valence-corrected chi connectivity index (χ3v) is 2.09. The first kappa shape index (κ1) is 14.0. The van der Waals surface area contributed by atoms with E-state index in [4.69, 9.17) is 11.5 Å². The fourth-order valence-corrected chi connectivity index (χ4v) is 1.30. The lowest BCUT2D eigenvalue weighted by molar-refractivity contribution is 0.0995. The van der Waals surface area contributed by atoms with E-state index in [2.05, 4.69) is 20.1 Å². The highest BCUT2D eigenvalue weighted by Crippen LogP contribution is 2.09. The highest BCUT2D eigenvalue weighted by atomic mass is 35.5. The van der Waals surface area contributed by atoms with Crippen LogP contribution in [-0.4, -0.2) is 30.6 Å². The number of aromatic nitrogens is 5. The molecule has 0 unspecified atom stereocenters. The molecule has 0 aliphatic heterocycles. The lowest BCUT2D eigenvalue weighted by atomic mass is 10.3. The number of halogens is 1. The maximum atomic E-state index is 10.8. The molecule has 96 valence electrons. The number of nitrogens with zero attached hydrogens (tertiary/aromatic N) is 5. The van der Waals surface area contributed by atoms with Crippen molar-refractivity contribution < 1.29 is 4.79 Å². The van der Waals surface area contributed by atoms with E-state index in [0.29, 0.717) is 11.6 Å². The van der Waals surface area contributed by atoms with E-state index < -0.39 is 5.91 Å². The molecule has 0 bridgehead atoms. The fraction of sp³-hybridized carbons (Fsp3) is 0.222. The van der Waals surface area contributed by atoms with Gasteiger partial charge in [-0.15, -0.1) is 12.4 Å². The van der Waals surface area contributed by atoms with E-state index >= 15 is 0 Å². The Morgan fingerprint density at radius 1 is 1.33 bits per heavy atom. The average Bonchev–Trinajstić information content (AvgIpc) is 2.78. The average molecular weight is 270 g/mol. The number of rotatable bonds is 3. The zero-order valence-electron chi connectivity index (χ0n) is 9.52. The van der Waals surface area contributed by atoms with Gasteiger partial charge in [0.15, 0.2) is 11.6 Å². The molecule has 1 atom stereocenters. The van der Waals surface area contributed by atoms with Crippen LogP contribution in [0.4, 0.5) is 0 Å². The zero-order valence-corrected chi connectivity index (χ0v) is 10.3. The van der Waals surface area contributed by atoms with Gasteiger partial charge in [-0.25, -0.2) is 15.0 Å². The summed E-state index contributed by atoms with van der Waals surface area (Å²) < 4.78 is 1.46. The molecule has 0 radical (unpaired) electrons. The number of carbonyl (C=O) groups is 1. The van der Waals surface area contributed by atoms with Crippen molar-refractivity contribution in [1.82, 2.24) is 24.7 Å². The normalized spacial score (nSPS) is 11.7. The van der Waals surface area contributed by atoms with Crippen LogP contribution in [0.15, 0.2) is 18.7 Å². The molecule has 0 saturated heterocycles. The summed E-state index contributed by atoms with van der Waals surface area (Å²) in [6.45, 7) is 1.78. The molecular weight excluding hydrogens is 258 g/mol. The Labute approximate surface area is 109 Å². The van der Waals surface area contributed by atoms with Gasteiger partial charge in [0.05, 0.1) is 18.4 Å². The van der Waals surface area contributed by atoms with Gasteiger partial charge in [-0.3, -0.25) is 4.79 Å². The number of hydrogen-bond acceptors (Lipinski definition) is 6. The van der Waals surface area contributed by atoms with Crippen molar-refractivity contribution in [3.63, 3.8) is 0 Å². The van der Waals surface area contributed by atoms with Gasteiger partial charge in [0.25, 0.3) is 5.91 Å². The third-order valence-electron chi connectivity index (χ3n) is 2.09. The fourth-order valence-electron chi connectivity index (χ4n) is 1.30. The van der Waals surface area contributed by atoms with Crippen molar-refractivity contribution >= 4 is 18.3 Å². The smallest absolute Gasteiger partial charge is 0.268 e. The van der Waals surface area contributed by atoms with E-state index in [1.807, 2.05) is 0 Å². The largest absolute Gasteiger partial charge is 0.364 e. The first-order valence-electron chi connectivity index (χ1n) is 4.87. The molecule has 18 heavy (non-hydrogen) atoms. The molecule has 0 aliphatic rings. The predicted octanol–water partition coefficient (Wildman–Crippen LogP) is -0.402. The second-order valence-electron chi connectivity index (χ2n) is 3.44. The molecular formula is C9H12ClN7O. The van der Waals surface area contributed by atoms with Crippen molar-refractivity contribution in [1.29, 1.82) is 0 Å². The van der Waals surface area contributed by atoms with E-state index in [1.54, 1.807) is 6.92 Å². The van der Waals surface area contributed by atoms with E-state index in [9.17, 15) is 4.79 Å². The molecule has 2 aromatic heterocycles. The third kappa shape index (κ3) is 2.60. The molecule has 4 N–H and O–H groups in total. The minimum atomic E-state index is -0.630. The summed E-state index contributed by atoms with van der Waals surface area (Å²) in [4.78, 5) is 22.8. The molecule has 0 saturated carbocycles. The van der Waals surface area contributed by atoms with Gasteiger partial charge < -0.3 is 11.5 Å². The summed E-state index contributed by atoms with van der Waals surface area (Å²) in [5.74, 6) is 0.362. The van der Waals surface area contributed by atoms with Crippen molar-refractivity contribution in [3.8, 4) is 5.82 Å². The van der Waals surface area contributed by atoms with Gasteiger partial charge >= 0.3 is 0 Å². The Kier molecular flexibility index (Phi) is 4.29. The van der Waals surface area contributed by atoms with Crippen molar-refractivity contribution in [3.05, 3.63) is 30.2 Å². The second kappa shape index (κ2) is 5.52. The molecule has 0 aromatic carbocycles. The van der Waals surface area contributed by atoms with Crippen LogP contribution < -0.4 is 11.5 Å². The molecule has 2 heterocycles. The van der Waals surface area contributed by atoms with Gasteiger partial charge in [0, 0.05) is 0 Å². The molecule has 8 nitrogen and oxygen atoms in total. The minimum absolute atomic E-state index is 0. The quantitative estimate of drug-likeness (QED) is 0.781. The van der Waals surface area contributed by atoms with Gasteiger partial charge in [0.2, 0.25) is 0 Å². The standard InChI is InChI=1S/C9H11N7O.ClH/c1-5(10)9-14-4-15-16(9)7-3-12-6(2-13-7)8(11)17;/h2-5H,10H2,1H3,(H2,11,17);1H/t5-;/m0./s1. The SMILES string of the molecule is C[C@H](N)c1ncnn1-c1cnc(C(N)=O)cn1.Cl. The Hall–Kier alpha value is -2.06. The maximum absolute atomic E-state index is 10.8. The molecule has 0 aliphatic carbocycles. The molecule has 2 rings (SSSR count). The van der Waals surface area contributed by atoms with Gasteiger partial charge in [-0.2, -0.15) is 9.78 Å².